The van der Waals surface area contributed by atoms with Crippen LogP contribution in [0.5, 0.6) is 5.75 Å². The number of hydrazone groups is 1. The van der Waals surface area contributed by atoms with Crippen LogP contribution in [0.1, 0.15) is 31.0 Å². The van der Waals surface area contributed by atoms with E-state index in [0.29, 0.717) is 22.9 Å². The van der Waals surface area contributed by atoms with Crippen LogP contribution in [0.3, 0.4) is 0 Å². The normalized spacial score (nSPS) is 10.8. The largest absolute Gasteiger partial charge is 0.492 e. The fourth-order valence-corrected chi connectivity index (χ4v) is 2.18. The first kappa shape index (κ1) is 19.4. The second-order valence-electron chi connectivity index (χ2n) is 5.29. The maximum Gasteiger partial charge on any atom is 0.342 e. The van der Waals surface area contributed by atoms with Gasteiger partial charge in [-0.2, -0.15) is 10.2 Å². The van der Waals surface area contributed by atoms with Crippen LogP contribution in [-0.2, 0) is 11.2 Å². The van der Waals surface area contributed by atoms with Gasteiger partial charge in [0.05, 0.1) is 17.8 Å². The summed E-state index contributed by atoms with van der Waals surface area (Å²) >= 11 is 6.11. The van der Waals surface area contributed by atoms with E-state index in [0.717, 1.165) is 6.42 Å². The minimum Gasteiger partial charge on any atom is -0.492 e. The third kappa shape index (κ3) is 5.85. The number of carbonyl (C=O) groups excluding carboxylic acids is 1. The lowest BCUT2D eigenvalue weighted by molar-refractivity contribution is -0.121. The maximum atomic E-state index is 11.7. The fraction of sp³-hybridized carbons (Fsp3) is 0.312. The highest BCUT2D eigenvalue weighted by Crippen LogP contribution is 2.24. The lowest BCUT2D eigenvalue weighted by Gasteiger charge is -2.06. The van der Waals surface area contributed by atoms with Crippen molar-refractivity contribution < 1.29 is 9.53 Å². The van der Waals surface area contributed by atoms with Crippen molar-refractivity contribution in [2.45, 2.75) is 26.2 Å². The Hall–Kier alpha value is -2.94. The van der Waals surface area contributed by atoms with Crippen molar-refractivity contribution in [2.75, 3.05) is 6.61 Å². The van der Waals surface area contributed by atoms with Crippen LogP contribution in [0.15, 0.2) is 32.9 Å². The molecule has 10 heteroatoms. The molecule has 1 aromatic heterocycles. The Balaban J connectivity index is 1.85. The number of carbonyl (C=O) groups is 1. The van der Waals surface area contributed by atoms with Gasteiger partial charge in [0.15, 0.2) is 0 Å². The molecular weight excluding hydrogens is 362 g/mol. The summed E-state index contributed by atoms with van der Waals surface area (Å²) in [5.41, 5.74) is 1.79. The highest BCUT2D eigenvalue weighted by atomic mass is 35.5. The molecule has 0 aliphatic carbocycles. The van der Waals surface area contributed by atoms with E-state index in [1.54, 1.807) is 18.2 Å². The summed E-state index contributed by atoms with van der Waals surface area (Å²) in [4.78, 5) is 36.1. The zero-order valence-corrected chi connectivity index (χ0v) is 14.8. The molecule has 1 aromatic carbocycles. The molecule has 26 heavy (non-hydrogen) atoms. The second-order valence-corrected chi connectivity index (χ2v) is 5.69. The molecule has 0 bridgehead atoms. The number of aromatic nitrogens is 3. The smallest absolute Gasteiger partial charge is 0.342 e. The summed E-state index contributed by atoms with van der Waals surface area (Å²) < 4.78 is 5.47. The van der Waals surface area contributed by atoms with Gasteiger partial charge < -0.3 is 4.74 Å². The Morgan fingerprint density at radius 3 is 2.92 bits per heavy atom. The Morgan fingerprint density at radius 2 is 2.23 bits per heavy atom. The number of ether oxygens (including phenoxy) is 1. The predicted molar refractivity (Wildman–Crippen MR) is 96.8 cm³/mol. The molecule has 0 fully saturated rings. The van der Waals surface area contributed by atoms with Gasteiger partial charge in [-0.25, -0.2) is 15.3 Å². The summed E-state index contributed by atoms with van der Waals surface area (Å²) in [6.07, 6.45) is 2.39. The first-order chi connectivity index (χ1) is 12.5. The number of benzene rings is 1. The van der Waals surface area contributed by atoms with E-state index in [-0.39, 0.29) is 18.5 Å². The van der Waals surface area contributed by atoms with Crippen molar-refractivity contribution in [3.05, 3.63) is 55.3 Å². The highest BCUT2D eigenvalue weighted by molar-refractivity contribution is 6.32. The molecule has 3 N–H and O–H groups in total. The van der Waals surface area contributed by atoms with Crippen LogP contribution in [-0.4, -0.2) is 33.9 Å². The van der Waals surface area contributed by atoms with E-state index in [2.05, 4.69) is 20.7 Å². The van der Waals surface area contributed by atoms with Gasteiger partial charge in [0.1, 0.15) is 11.4 Å². The van der Waals surface area contributed by atoms with E-state index in [9.17, 15) is 14.4 Å². The Kier molecular flexibility index (Phi) is 7.10. The standard InChI is InChI=1S/C16H18ClN5O4/c1-2-7-26-13-5-3-10(8-11(13)17)9-18-21-14(23)6-4-12-15(24)19-16(25)22-20-12/h3,5,8-9H,2,4,6-7H2,1H3,(H,21,23)(H2,19,22,24,25)/b18-9+. The van der Waals surface area contributed by atoms with Gasteiger partial charge >= 0.3 is 5.69 Å². The minimum atomic E-state index is -0.697. The van der Waals surface area contributed by atoms with E-state index in [4.69, 9.17) is 16.3 Å². The van der Waals surface area contributed by atoms with Crippen molar-refractivity contribution in [3.8, 4) is 5.75 Å². The lowest BCUT2D eigenvalue weighted by Crippen LogP contribution is -2.28. The van der Waals surface area contributed by atoms with Crippen LogP contribution in [0.25, 0.3) is 0 Å². The Labute approximate surface area is 153 Å². The van der Waals surface area contributed by atoms with Crippen LogP contribution < -0.4 is 21.4 Å². The maximum absolute atomic E-state index is 11.7. The number of nitrogens with zero attached hydrogens (tertiary/aromatic N) is 2. The number of hydrogen-bond acceptors (Lipinski definition) is 6. The predicted octanol–water partition coefficient (Wildman–Crippen LogP) is 0.983. The third-order valence-electron chi connectivity index (χ3n) is 3.19. The molecule has 9 nitrogen and oxygen atoms in total. The number of aryl methyl sites for hydroxylation is 1. The number of nitrogens with one attached hydrogen (secondary N) is 3. The molecule has 0 saturated carbocycles. The molecule has 2 aromatic rings. The number of amides is 1. The van der Waals surface area contributed by atoms with Gasteiger partial charge in [-0.1, -0.05) is 18.5 Å². The average molecular weight is 380 g/mol. The number of rotatable bonds is 8. The zero-order chi connectivity index (χ0) is 18.9. The topological polar surface area (TPSA) is 129 Å². The molecule has 0 atom stereocenters. The van der Waals surface area contributed by atoms with Crippen LogP contribution in [0, 0.1) is 0 Å². The first-order valence-corrected chi connectivity index (χ1v) is 8.29. The number of H-pyrrole nitrogens is 2. The van der Waals surface area contributed by atoms with Gasteiger partial charge in [0.2, 0.25) is 5.91 Å². The third-order valence-corrected chi connectivity index (χ3v) is 3.49. The van der Waals surface area contributed by atoms with Crippen molar-refractivity contribution >= 4 is 23.7 Å². The van der Waals surface area contributed by atoms with Crippen LogP contribution in [0.2, 0.25) is 5.02 Å². The molecule has 0 aliphatic rings. The average Bonchev–Trinajstić information content (AvgIpc) is 2.60. The molecule has 0 spiro atoms. The van der Waals surface area contributed by atoms with Crippen molar-refractivity contribution in [2.24, 2.45) is 5.10 Å². The number of halogens is 1. The van der Waals surface area contributed by atoms with Crippen molar-refractivity contribution in [1.29, 1.82) is 0 Å². The Bertz CT molecular complexity index is 906. The molecule has 0 unspecified atom stereocenters. The summed E-state index contributed by atoms with van der Waals surface area (Å²) in [5, 5.41) is 9.99. The number of hydrogen-bond donors (Lipinski definition) is 3. The molecule has 2 rings (SSSR count). The Morgan fingerprint density at radius 1 is 1.42 bits per heavy atom. The van der Waals surface area contributed by atoms with E-state index in [1.807, 2.05) is 11.9 Å². The van der Waals surface area contributed by atoms with Gasteiger partial charge in [-0.3, -0.25) is 14.6 Å². The van der Waals surface area contributed by atoms with Gasteiger partial charge in [0, 0.05) is 12.8 Å². The molecule has 0 radical (unpaired) electrons. The summed E-state index contributed by atoms with van der Waals surface area (Å²) in [6.45, 7) is 2.58. The van der Waals surface area contributed by atoms with Crippen LogP contribution in [0.4, 0.5) is 0 Å². The van der Waals surface area contributed by atoms with Gasteiger partial charge in [-0.15, -0.1) is 0 Å². The molecule has 0 aliphatic heterocycles. The summed E-state index contributed by atoms with van der Waals surface area (Å²) in [6, 6.07) is 5.16. The zero-order valence-electron chi connectivity index (χ0n) is 14.0. The van der Waals surface area contributed by atoms with E-state index < -0.39 is 17.2 Å². The molecule has 0 saturated heterocycles. The SMILES string of the molecule is CCCOc1ccc(/C=N/NC(=O)CCc2n[nH]c(=O)[nH]c2=O)cc1Cl. The lowest BCUT2D eigenvalue weighted by atomic mass is 10.2. The van der Waals surface area contributed by atoms with Crippen LogP contribution >= 0.6 is 11.6 Å². The van der Waals surface area contributed by atoms with Gasteiger partial charge in [0.25, 0.3) is 5.56 Å². The molecule has 1 amide bonds. The summed E-state index contributed by atoms with van der Waals surface area (Å²) in [5.74, 6) is 0.191. The monoisotopic (exact) mass is 379 g/mol. The van der Waals surface area contributed by atoms with E-state index in [1.165, 1.54) is 6.21 Å². The minimum absolute atomic E-state index is 0.00991. The van der Waals surface area contributed by atoms with E-state index >= 15 is 0 Å². The molecule has 138 valence electrons. The van der Waals surface area contributed by atoms with Crippen molar-refractivity contribution in [1.82, 2.24) is 20.6 Å². The number of aromatic amines is 2. The fourth-order valence-electron chi connectivity index (χ4n) is 1.93. The molecular formula is C16H18ClN5O4. The second kappa shape index (κ2) is 9.52. The van der Waals surface area contributed by atoms with Crippen molar-refractivity contribution in [3.63, 3.8) is 0 Å². The van der Waals surface area contributed by atoms with Gasteiger partial charge in [-0.05, 0) is 30.2 Å². The summed E-state index contributed by atoms with van der Waals surface area (Å²) in [7, 11) is 0. The molecule has 1 heterocycles. The first-order valence-electron chi connectivity index (χ1n) is 7.91. The quantitative estimate of drug-likeness (QED) is 0.465. The highest BCUT2D eigenvalue weighted by Gasteiger charge is 2.06.